The number of hydrogen-bond acceptors (Lipinski definition) is 12. The number of carbonyl (C=O) groups is 11. The molecule has 23 heteroatoms. The molecule has 1 heterocycles. The summed E-state index contributed by atoms with van der Waals surface area (Å²) in [7, 11) is 9.82. The molecule has 468 valence electrons. The number of rotatable bonds is 13. The number of amides is 11. The molecule has 0 spiro atoms. The molecule has 23 nitrogen and oxygen atoms in total. The number of aliphatic hydroxyl groups is 1. The molecule has 0 bridgehead atoms. The van der Waals surface area contributed by atoms with Gasteiger partial charge in [0.1, 0.15) is 60.4 Å². The summed E-state index contributed by atoms with van der Waals surface area (Å²) >= 11 is 0. The molecule has 82 heavy (non-hydrogen) atoms. The van der Waals surface area contributed by atoms with Crippen molar-refractivity contribution in [2.45, 2.75) is 209 Å². The maximum atomic E-state index is 15.1. The van der Waals surface area contributed by atoms with Crippen LogP contribution in [0.4, 0.5) is 0 Å². The molecule has 1 saturated heterocycles. The second kappa shape index (κ2) is 33.2. The Morgan fingerprint density at radius 1 is 0.488 bits per heavy atom. The monoisotopic (exact) mass is 1160 g/mol. The molecular formula is C59H105N11O12. The third kappa shape index (κ3) is 20.1. The largest absolute Gasteiger partial charge is 0.390 e. The van der Waals surface area contributed by atoms with Gasteiger partial charge in [-0.2, -0.15) is 0 Å². The van der Waals surface area contributed by atoms with E-state index >= 15 is 9.59 Å². The molecule has 5 N–H and O–H groups in total. The summed E-state index contributed by atoms with van der Waals surface area (Å²) in [5, 5.41) is 22.8. The maximum Gasteiger partial charge on any atom is 0.246 e. The molecule has 12 atom stereocenters. The fourth-order valence-corrected chi connectivity index (χ4v) is 10.0. The van der Waals surface area contributed by atoms with Crippen LogP contribution in [0, 0.1) is 35.5 Å². The summed E-state index contributed by atoms with van der Waals surface area (Å²) in [6.45, 7) is 26.9. The number of allylic oxidation sites excluding steroid dienone is 2. The average Bonchev–Trinajstić information content (AvgIpc) is 3.40. The van der Waals surface area contributed by atoms with E-state index in [1.165, 1.54) is 89.7 Å². The van der Waals surface area contributed by atoms with Gasteiger partial charge in [-0.25, -0.2) is 0 Å². The number of nitrogens with one attached hydrogen (secondary N) is 4. The summed E-state index contributed by atoms with van der Waals surface area (Å²) in [5.41, 5.74) is 0. The van der Waals surface area contributed by atoms with Crippen molar-refractivity contribution in [1.29, 1.82) is 0 Å². The zero-order valence-electron chi connectivity index (χ0n) is 53.8. The van der Waals surface area contributed by atoms with Crippen molar-refractivity contribution in [2.75, 3.05) is 55.9 Å². The molecule has 0 aromatic carbocycles. The van der Waals surface area contributed by atoms with E-state index in [2.05, 4.69) is 21.3 Å². The second-order valence-corrected chi connectivity index (χ2v) is 24.6. The minimum absolute atomic E-state index is 0.0235. The van der Waals surface area contributed by atoms with Gasteiger partial charge in [0.05, 0.1) is 12.6 Å². The van der Waals surface area contributed by atoms with Gasteiger partial charge in [0, 0.05) is 49.3 Å². The lowest BCUT2D eigenvalue weighted by atomic mass is 9.91. The van der Waals surface area contributed by atoms with Crippen molar-refractivity contribution in [3.63, 3.8) is 0 Å². The lowest BCUT2D eigenvalue weighted by molar-refractivity contribution is -0.157. The lowest BCUT2D eigenvalue weighted by Gasteiger charge is -2.41. The Morgan fingerprint density at radius 3 is 1.41 bits per heavy atom. The standard InChI is InChI=1S/C59H105N11O12/c1-24-26-27-37(13)49(72)48-53(76)62-41(25-2)55(78)64(17)31-45(71)66(19)42(28-32(3)4)52(75)63-46(35(9)10)58(81)65(18)40(16)51(74)60-38(14)50(73)61-39(15)54(77)67(20)43(29-33(5)6)56(79)68(21)44(30-34(7)8)57(80)69(22)47(36(11)12)59(82)70(48)23/h24,26,32-44,46-49,72H,25,27-31H2,1-23H3,(H,60,74)(H,61,73)(H,62,76)(H,63,75)/b26-24+/t37-,38+,39-,40+,41+,42+,43+,44+,46+,47+,48?,49-/m1/s1. The highest BCUT2D eigenvalue weighted by Gasteiger charge is 2.45. The summed E-state index contributed by atoms with van der Waals surface area (Å²) in [6, 6.07) is -12.3. The molecule has 0 aromatic heterocycles. The summed E-state index contributed by atoms with van der Waals surface area (Å²) in [4.78, 5) is 167. The van der Waals surface area contributed by atoms with Crippen LogP contribution >= 0.6 is 0 Å². The Hall–Kier alpha value is -6.13. The van der Waals surface area contributed by atoms with E-state index in [1.54, 1.807) is 60.6 Å². The number of aliphatic hydroxyl groups excluding tert-OH is 1. The third-order valence-electron chi connectivity index (χ3n) is 15.6. The van der Waals surface area contributed by atoms with Crippen LogP contribution in [0.5, 0.6) is 0 Å². The van der Waals surface area contributed by atoms with Gasteiger partial charge in [-0.1, -0.05) is 95.2 Å². The van der Waals surface area contributed by atoms with Gasteiger partial charge in [0.15, 0.2) is 0 Å². The first-order valence-electron chi connectivity index (χ1n) is 29.2. The molecule has 1 fully saturated rings. The summed E-state index contributed by atoms with van der Waals surface area (Å²) < 4.78 is 0. The molecule has 1 aliphatic heterocycles. The molecule has 0 aromatic rings. The summed E-state index contributed by atoms with van der Waals surface area (Å²) in [5.74, 6) is -9.67. The highest BCUT2D eigenvalue weighted by Crippen LogP contribution is 2.25. The normalized spacial score (nSPS) is 27.4. The molecule has 0 aliphatic carbocycles. The van der Waals surface area contributed by atoms with Crippen LogP contribution in [0.2, 0.25) is 0 Å². The minimum atomic E-state index is -1.61. The Labute approximate surface area is 489 Å². The molecule has 1 unspecified atom stereocenters. The number of carbonyl (C=O) groups excluding carboxylic acids is 11. The number of hydrogen-bond donors (Lipinski definition) is 5. The molecule has 11 amide bonds. The quantitative estimate of drug-likeness (QED) is 0.166. The minimum Gasteiger partial charge on any atom is -0.390 e. The number of nitrogens with zero attached hydrogens (tertiary/aromatic N) is 7. The van der Waals surface area contributed by atoms with Crippen molar-refractivity contribution in [1.82, 2.24) is 55.6 Å². The van der Waals surface area contributed by atoms with Gasteiger partial charge < -0.3 is 60.7 Å². The van der Waals surface area contributed by atoms with Crippen LogP contribution < -0.4 is 21.3 Å². The number of likely N-dealkylation sites (N-methyl/N-ethyl adjacent to an activating group) is 7. The molecule has 1 rings (SSSR count). The predicted molar refractivity (Wildman–Crippen MR) is 315 cm³/mol. The first kappa shape index (κ1) is 73.9. The van der Waals surface area contributed by atoms with E-state index in [0.29, 0.717) is 6.42 Å². The van der Waals surface area contributed by atoms with Gasteiger partial charge in [-0.15, -0.1) is 0 Å². The van der Waals surface area contributed by atoms with Gasteiger partial charge >= 0.3 is 0 Å². The van der Waals surface area contributed by atoms with Gasteiger partial charge in [-0.3, -0.25) is 52.7 Å². The predicted octanol–water partition coefficient (Wildman–Crippen LogP) is 2.24. The van der Waals surface area contributed by atoms with Gasteiger partial charge in [0.25, 0.3) is 0 Å². The Bertz CT molecular complexity index is 2260. The van der Waals surface area contributed by atoms with Gasteiger partial charge in [-0.05, 0) is 95.3 Å². The SMILES string of the molecule is C/C=C/C[C@@H](C)[C@@H](O)C1C(=O)N[C@@H](CC)C(=O)N(C)CC(=O)N(C)[C@@H](CC(C)C)C(=O)N[C@@H](C(C)C)C(=O)N(C)[C@@H](C)C(=O)N[C@@H](C)C(=O)N[C@H](C)C(=O)N(C)[C@@H](CC(C)C)C(=O)N(C)[C@@H](CC(C)C)C(=O)N(C)[C@@H](C(C)C)C(=O)N1C. The van der Waals surface area contributed by atoms with Crippen LogP contribution in [0.25, 0.3) is 0 Å². The highest BCUT2D eigenvalue weighted by molar-refractivity contribution is 5.99. The third-order valence-corrected chi connectivity index (χ3v) is 15.6. The van der Waals surface area contributed by atoms with E-state index in [-0.39, 0.29) is 43.4 Å². The van der Waals surface area contributed by atoms with Gasteiger partial charge in [0.2, 0.25) is 65.0 Å². The molecule has 0 saturated carbocycles. The van der Waals surface area contributed by atoms with Crippen LogP contribution in [-0.2, 0) is 52.7 Å². The second-order valence-electron chi connectivity index (χ2n) is 24.6. The first-order chi connectivity index (χ1) is 37.8. The van der Waals surface area contributed by atoms with Crippen molar-refractivity contribution in [3.8, 4) is 0 Å². The Morgan fingerprint density at radius 2 is 0.951 bits per heavy atom. The van der Waals surface area contributed by atoms with Crippen molar-refractivity contribution in [2.24, 2.45) is 35.5 Å². The zero-order valence-corrected chi connectivity index (χ0v) is 53.8. The fraction of sp³-hybridized carbons (Fsp3) is 0.780. The van der Waals surface area contributed by atoms with Crippen molar-refractivity contribution in [3.05, 3.63) is 12.2 Å². The van der Waals surface area contributed by atoms with E-state index in [0.717, 1.165) is 14.7 Å². The first-order valence-corrected chi connectivity index (χ1v) is 29.2. The van der Waals surface area contributed by atoms with E-state index in [4.69, 9.17) is 0 Å². The zero-order chi connectivity index (χ0) is 63.7. The van der Waals surface area contributed by atoms with Crippen LogP contribution in [0.15, 0.2) is 12.2 Å². The maximum absolute atomic E-state index is 15.1. The Kier molecular flexibility index (Phi) is 29.9. The Balaban J connectivity index is 4.24. The summed E-state index contributed by atoms with van der Waals surface area (Å²) in [6.07, 6.45) is 2.88. The van der Waals surface area contributed by atoms with Crippen LogP contribution in [0.3, 0.4) is 0 Å². The fourth-order valence-electron chi connectivity index (χ4n) is 10.0. The highest BCUT2D eigenvalue weighted by atomic mass is 16.3. The molecule has 0 radical (unpaired) electrons. The van der Waals surface area contributed by atoms with Crippen LogP contribution in [-0.4, -0.2) is 227 Å². The van der Waals surface area contributed by atoms with Crippen LogP contribution in [0.1, 0.15) is 143 Å². The molecule has 1 aliphatic rings. The van der Waals surface area contributed by atoms with E-state index in [9.17, 15) is 48.3 Å². The lowest BCUT2D eigenvalue weighted by Crippen LogP contribution is -2.63. The average molecular weight is 1160 g/mol. The van der Waals surface area contributed by atoms with E-state index < -0.39 is 156 Å². The van der Waals surface area contributed by atoms with Crippen molar-refractivity contribution >= 4 is 65.0 Å². The van der Waals surface area contributed by atoms with E-state index in [1.807, 2.05) is 41.5 Å². The smallest absolute Gasteiger partial charge is 0.246 e. The van der Waals surface area contributed by atoms with Crippen molar-refractivity contribution < 1.29 is 57.8 Å². The topological polar surface area (TPSA) is 279 Å². The molecular weight excluding hydrogens is 1050 g/mol.